The fraction of sp³-hybridized carbons (Fsp3) is 0.500. The molecule has 2 aromatic rings. The van der Waals surface area contributed by atoms with E-state index in [0.29, 0.717) is 6.54 Å². The van der Waals surface area contributed by atoms with E-state index in [-0.39, 0.29) is 36.5 Å². The van der Waals surface area contributed by atoms with Crippen LogP contribution in [0.2, 0.25) is 0 Å². The topological polar surface area (TPSA) is 104 Å². The number of H-pyrrole nitrogens is 1. The highest BCUT2D eigenvalue weighted by Crippen LogP contribution is 2.30. The molecule has 0 bridgehead atoms. The first kappa shape index (κ1) is 21.7. The molecule has 162 valence electrons. The molecule has 0 saturated carbocycles. The van der Waals surface area contributed by atoms with Crippen LogP contribution in [0.4, 0.5) is 17.2 Å². The van der Waals surface area contributed by atoms with Crippen molar-refractivity contribution in [2.24, 2.45) is 0 Å². The lowest BCUT2D eigenvalue weighted by molar-refractivity contribution is -0.117. The Bertz CT molecular complexity index is 1030. The van der Waals surface area contributed by atoms with Crippen molar-refractivity contribution >= 4 is 23.1 Å². The second kappa shape index (κ2) is 9.19. The average Bonchev–Trinajstić information content (AvgIpc) is 2.72. The Morgan fingerprint density at radius 2 is 2.00 bits per heavy atom. The highest BCUT2D eigenvalue weighted by atomic mass is 16.2. The number of likely N-dealkylation sites (N-methyl/N-ethyl adjacent to an activating group) is 1. The van der Waals surface area contributed by atoms with E-state index in [0.717, 1.165) is 31.4 Å². The molecule has 3 N–H and O–H groups in total. The molecule has 1 amide bonds. The Hall–Kier alpha value is -3.03. The van der Waals surface area contributed by atoms with Crippen LogP contribution in [-0.4, -0.2) is 34.6 Å². The van der Waals surface area contributed by atoms with Gasteiger partial charge in [-0.05, 0) is 44.7 Å². The minimum absolute atomic E-state index is 0.0412. The number of nitrogens with zero attached hydrogens (tertiary/aromatic N) is 3. The maximum atomic E-state index is 13.3. The number of carbonyl (C=O) groups is 1. The Balaban J connectivity index is 1.94. The molecule has 1 aliphatic rings. The van der Waals surface area contributed by atoms with Crippen LogP contribution in [0.1, 0.15) is 45.6 Å². The zero-order chi connectivity index (χ0) is 21.8. The Morgan fingerprint density at radius 1 is 1.27 bits per heavy atom. The van der Waals surface area contributed by atoms with Gasteiger partial charge in [0, 0.05) is 24.8 Å². The van der Waals surface area contributed by atoms with Crippen LogP contribution in [0, 0.1) is 0 Å². The fourth-order valence-electron chi connectivity index (χ4n) is 4.07. The van der Waals surface area contributed by atoms with Gasteiger partial charge in [0.2, 0.25) is 5.91 Å². The first-order chi connectivity index (χ1) is 14.4. The molecule has 0 fully saturated rings. The summed E-state index contributed by atoms with van der Waals surface area (Å²) in [6.07, 6.45) is 3.57. The molecule has 8 nitrogen and oxygen atoms in total. The Kier molecular flexibility index (Phi) is 6.64. The molecule has 1 unspecified atom stereocenters. The van der Waals surface area contributed by atoms with Gasteiger partial charge in [-0.1, -0.05) is 31.5 Å². The molecule has 0 spiro atoms. The molecule has 1 atom stereocenters. The fourth-order valence-corrected chi connectivity index (χ4v) is 4.07. The lowest BCUT2D eigenvalue weighted by atomic mass is 9.96. The van der Waals surface area contributed by atoms with Gasteiger partial charge in [0.25, 0.3) is 5.56 Å². The van der Waals surface area contributed by atoms with Crippen LogP contribution < -0.4 is 26.8 Å². The summed E-state index contributed by atoms with van der Waals surface area (Å²) >= 11 is 0. The van der Waals surface area contributed by atoms with E-state index >= 15 is 0 Å². The predicted octanol–water partition coefficient (Wildman–Crippen LogP) is 2.11. The van der Waals surface area contributed by atoms with E-state index < -0.39 is 11.2 Å². The molecule has 1 aromatic carbocycles. The van der Waals surface area contributed by atoms with Crippen LogP contribution in [0.3, 0.4) is 0 Å². The summed E-state index contributed by atoms with van der Waals surface area (Å²) in [7, 11) is 0. The number of carbonyl (C=O) groups excluding carboxylic acids is 1. The second-order valence-electron chi connectivity index (χ2n) is 7.78. The molecule has 2 heterocycles. The van der Waals surface area contributed by atoms with E-state index in [4.69, 9.17) is 5.73 Å². The van der Waals surface area contributed by atoms with E-state index in [1.165, 1.54) is 15.0 Å². The lowest BCUT2D eigenvalue weighted by Crippen LogP contribution is -2.48. The van der Waals surface area contributed by atoms with Gasteiger partial charge in [0.05, 0.1) is 6.54 Å². The number of nitrogen functional groups attached to an aromatic ring is 1. The summed E-state index contributed by atoms with van der Waals surface area (Å²) in [4.78, 5) is 43.9. The number of hydrogen-bond donors (Lipinski definition) is 2. The van der Waals surface area contributed by atoms with E-state index in [1.807, 2.05) is 25.1 Å². The van der Waals surface area contributed by atoms with Gasteiger partial charge in [-0.15, -0.1) is 0 Å². The van der Waals surface area contributed by atoms with Crippen molar-refractivity contribution in [3.63, 3.8) is 0 Å². The maximum Gasteiger partial charge on any atom is 0.330 e. The van der Waals surface area contributed by atoms with Gasteiger partial charge in [0.1, 0.15) is 5.82 Å². The molecule has 1 aliphatic heterocycles. The summed E-state index contributed by atoms with van der Waals surface area (Å²) in [6.45, 7) is 6.72. The van der Waals surface area contributed by atoms with Crippen molar-refractivity contribution in [2.45, 2.75) is 59.0 Å². The predicted molar refractivity (Wildman–Crippen MR) is 120 cm³/mol. The van der Waals surface area contributed by atoms with Crippen LogP contribution in [-0.2, 0) is 17.8 Å². The number of aryl methyl sites for hydroxylation is 1. The van der Waals surface area contributed by atoms with Gasteiger partial charge in [-0.2, -0.15) is 0 Å². The van der Waals surface area contributed by atoms with Crippen molar-refractivity contribution in [1.82, 2.24) is 9.55 Å². The summed E-state index contributed by atoms with van der Waals surface area (Å²) in [5, 5.41) is 0. The van der Waals surface area contributed by atoms with Gasteiger partial charge in [-0.3, -0.25) is 19.1 Å². The van der Waals surface area contributed by atoms with Crippen LogP contribution >= 0.6 is 0 Å². The molecular weight excluding hydrogens is 382 g/mol. The molecule has 0 saturated heterocycles. The number of para-hydroxylation sites is 1. The smallest absolute Gasteiger partial charge is 0.330 e. The largest absolute Gasteiger partial charge is 0.383 e. The van der Waals surface area contributed by atoms with E-state index in [9.17, 15) is 14.4 Å². The molecular formula is C22H31N5O3. The summed E-state index contributed by atoms with van der Waals surface area (Å²) in [5.41, 5.74) is 7.36. The second-order valence-corrected chi connectivity index (χ2v) is 7.78. The number of benzene rings is 1. The number of aromatic nitrogens is 2. The number of aromatic amines is 1. The van der Waals surface area contributed by atoms with Crippen molar-refractivity contribution in [2.75, 3.05) is 28.6 Å². The zero-order valence-electron chi connectivity index (χ0n) is 18.0. The van der Waals surface area contributed by atoms with Crippen LogP contribution in [0.5, 0.6) is 0 Å². The highest BCUT2D eigenvalue weighted by Gasteiger charge is 2.29. The molecule has 3 rings (SSSR count). The normalized spacial score (nSPS) is 15.7. The highest BCUT2D eigenvalue weighted by molar-refractivity contribution is 5.98. The van der Waals surface area contributed by atoms with Crippen LogP contribution in [0.15, 0.2) is 33.9 Å². The number of anilines is 3. The Labute approximate surface area is 176 Å². The minimum Gasteiger partial charge on any atom is -0.383 e. The zero-order valence-corrected chi connectivity index (χ0v) is 18.0. The van der Waals surface area contributed by atoms with E-state index in [2.05, 4.69) is 22.9 Å². The number of unbranched alkanes of at least 4 members (excludes halogenated alkanes) is 1. The van der Waals surface area contributed by atoms with Gasteiger partial charge >= 0.3 is 5.69 Å². The quantitative estimate of drug-likeness (QED) is 0.723. The monoisotopic (exact) mass is 413 g/mol. The van der Waals surface area contributed by atoms with Crippen molar-refractivity contribution in [3.05, 3.63) is 50.7 Å². The van der Waals surface area contributed by atoms with E-state index in [1.54, 1.807) is 6.92 Å². The average molecular weight is 414 g/mol. The Morgan fingerprint density at radius 3 is 2.70 bits per heavy atom. The minimum atomic E-state index is -0.632. The molecule has 8 heteroatoms. The number of nitrogens with one attached hydrogen (secondary N) is 1. The van der Waals surface area contributed by atoms with Gasteiger partial charge in [-0.25, -0.2) is 4.79 Å². The van der Waals surface area contributed by atoms with Gasteiger partial charge in [0.15, 0.2) is 5.69 Å². The molecule has 0 aliphatic carbocycles. The lowest BCUT2D eigenvalue weighted by Gasteiger charge is -2.37. The molecule has 30 heavy (non-hydrogen) atoms. The number of fused-ring (bicyclic) bond motifs is 1. The van der Waals surface area contributed by atoms with Crippen molar-refractivity contribution in [1.29, 1.82) is 0 Å². The third-order valence-corrected chi connectivity index (χ3v) is 5.81. The van der Waals surface area contributed by atoms with Crippen molar-refractivity contribution in [3.8, 4) is 0 Å². The first-order valence-corrected chi connectivity index (χ1v) is 10.7. The standard InChI is InChI=1S/C22H31N5O3/c1-4-6-13-26-20(23)19(21(29)24-22(26)30)25(5-2)18(28)14-27-15(3)11-12-16-9-7-8-10-17(16)27/h7-10,15H,4-6,11-14,23H2,1-3H3,(H,24,29,30). The molecule has 1 aromatic heterocycles. The summed E-state index contributed by atoms with van der Waals surface area (Å²) in [6, 6.07) is 8.30. The van der Waals surface area contributed by atoms with Crippen LogP contribution in [0.25, 0.3) is 0 Å². The summed E-state index contributed by atoms with van der Waals surface area (Å²) < 4.78 is 1.34. The number of nitrogens with two attached hydrogens (primary N) is 1. The number of rotatable bonds is 7. The number of amides is 1. The SMILES string of the molecule is CCCCn1c(N)c(N(CC)C(=O)CN2c3ccccc3CCC2C)c(=O)[nH]c1=O. The first-order valence-electron chi connectivity index (χ1n) is 10.7. The molecule has 0 radical (unpaired) electrons. The maximum absolute atomic E-state index is 13.3. The van der Waals surface area contributed by atoms with Gasteiger partial charge < -0.3 is 15.5 Å². The number of hydrogen-bond acceptors (Lipinski definition) is 5. The third-order valence-electron chi connectivity index (χ3n) is 5.81. The van der Waals surface area contributed by atoms with Crippen molar-refractivity contribution < 1.29 is 4.79 Å². The summed E-state index contributed by atoms with van der Waals surface area (Å²) in [5.74, 6) is -0.182. The third kappa shape index (κ3) is 4.13.